The van der Waals surface area contributed by atoms with Gasteiger partial charge in [-0.25, -0.2) is 8.42 Å². The van der Waals surface area contributed by atoms with Crippen molar-refractivity contribution in [1.29, 1.82) is 0 Å². The molecule has 2 N–H and O–H groups in total. The molecule has 6 nitrogen and oxygen atoms in total. The fourth-order valence-corrected chi connectivity index (χ4v) is 4.55. The molecule has 0 bridgehead atoms. The molecule has 0 saturated heterocycles. The number of carbonyl (C=O) groups is 1. The minimum atomic E-state index is -3.86. The van der Waals surface area contributed by atoms with Crippen molar-refractivity contribution < 1.29 is 17.9 Å². The third kappa shape index (κ3) is 5.86. The molecule has 1 aliphatic carbocycles. The first-order valence-corrected chi connectivity index (χ1v) is 10.9. The number of rotatable bonds is 7. The van der Waals surface area contributed by atoms with E-state index in [4.69, 9.17) is 16.3 Å². The summed E-state index contributed by atoms with van der Waals surface area (Å²) >= 11 is 6.06. The molecule has 1 saturated carbocycles. The van der Waals surface area contributed by atoms with Crippen molar-refractivity contribution in [3.63, 3.8) is 0 Å². The Balaban J connectivity index is 2.00. The quantitative estimate of drug-likeness (QED) is 0.685. The van der Waals surface area contributed by atoms with Gasteiger partial charge in [0, 0.05) is 6.04 Å². The number of nitrogens with one attached hydrogen (secondary N) is 2. The van der Waals surface area contributed by atoms with Crippen LogP contribution < -0.4 is 14.8 Å². The summed E-state index contributed by atoms with van der Waals surface area (Å²) in [5.41, 5.74) is 0. The van der Waals surface area contributed by atoms with Gasteiger partial charge in [0.15, 0.2) is 0 Å². The summed E-state index contributed by atoms with van der Waals surface area (Å²) in [6, 6.07) is 3.50. The van der Waals surface area contributed by atoms with Gasteiger partial charge in [0.25, 0.3) is 0 Å². The minimum Gasteiger partial charge on any atom is -0.492 e. The molecule has 0 heterocycles. The van der Waals surface area contributed by atoms with Crippen LogP contribution in [0.2, 0.25) is 5.02 Å². The van der Waals surface area contributed by atoms with E-state index in [2.05, 4.69) is 10.0 Å². The maximum Gasteiger partial charge on any atom is 0.241 e. The average Bonchev–Trinajstić information content (AvgIpc) is 2.85. The molecule has 8 heteroatoms. The predicted octanol–water partition coefficient (Wildman–Crippen LogP) is 3.24. The van der Waals surface area contributed by atoms with Gasteiger partial charge in [-0.15, -0.1) is 0 Å². The summed E-state index contributed by atoms with van der Waals surface area (Å²) in [5, 5.41) is 3.17. The second-order valence-electron chi connectivity index (χ2n) is 6.57. The molecule has 1 fully saturated rings. The van der Waals surface area contributed by atoms with Gasteiger partial charge in [0.2, 0.25) is 15.9 Å². The topological polar surface area (TPSA) is 84.5 Å². The summed E-state index contributed by atoms with van der Waals surface area (Å²) < 4.78 is 32.8. The van der Waals surface area contributed by atoms with E-state index in [0.717, 1.165) is 25.7 Å². The number of hydrogen-bond donors (Lipinski definition) is 2. The molecule has 26 heavy (non-hydrogen) atoms. The Morgan fingerprint density at radius 2 is 1.92 bits per heavy atom. The number of ether oxygens (including phenoxy) is 1. The van der Waals surface area contributed by atoms with E-state index >= 15 is 0 Å². The van der Waals surface area contributed by atoms with Gasteiger partial charge in [0.1, 0.15) is 5.75 Å². The molecule has 146 valence electrons. The lowest BCUT2D eigenvalue weighted by molar-refractivity contribution is -0.123. The monoisotopic (exact) mass is 402 g/mol. The highest BCUT2D eigenvalue weighted by Gasteiger charge is 2.24. The number of carbonyl (C=O) groups excluding carboxylic acids is 1. The van der Waals surface area contributed by atoms with Crippen LogP contribution in [0.5, 0.6) is 5.75 Å². The Hall–Kier alpha value is -1.31. The Kier molecular flexibility index (Phi) is 7.73. The van der Waals surface area contributed by atoms with E-state index in [1.54, 1.807) is 6.92 Å². The molecule has 1 atom stereocenters. The molecule has 0 unspecified atom stereocenters. The number of benzene rings is 1. The third-order valence-electron chi connectivity index (χ3n) is 4.44. The van der Waals surface area contributed by atoms with Crippen molar-refractivity contribution >= 4 is 27.5 Å². The standard InChI is InChI=1S/C18H27ClN2O4S/c1-3-25-17-11-10-15(12-16(17)19)26(23,24)21-13(2)18(22)20-14-8-6-4-5-7-9-14/h10-14,21H,3-9H2,1-2H3,(H,20,22)/t13-/m0/s1. The van der Waals surface area contributed by atoms with E-state index in [0.29, 0.717) is 12.4 Å². The molecule has 0 aliphatic heterocycles. The van der Waals surface area contributed by atoms with Crippen LogP contribution in [-0.2, 0) is 14.8 Å². The fraction of sp³-hybridized carbons (Fsp3) is 0.611. The Morgan fingerprint density at radius 1 is 1.27 bits per heavy atom. The van der Waals surface area contributed by atoms with Crippen LogP contribution in [-0.4, -0.2) is 33.0 Å². The van der Waals surface area contributed by atoms with Gasteiger partial charge in [-0.3, -0.25) is 4.79 Å². The number of sulfonamides is 1. The van der Waals surface area contributed by atoms with Gasteiger partial charge >= 0.3 is 0 Å². The SMILES string of the molecule is CCOc1ccc(S(=O)(=O)N[C@@H](C)C(=O)NC2CCCCCC2)cc1Cl. The zero-order valence-corrected chi connectivity index (χ0v) is 16.8. The van der Waals surface area contributed by atoms with Gasteiger partial charge in [-0.1, -0.05) is 37.3 Å². The highest BCUT2D eigenvalue weighted by Crippen LogP contribution is 2.27. The van der Waals surface area contributed by atoms with Gasteiger partial charge in [0.05, 0.1) is 22.6 Å². The molecule has 0 spiro atoms. The molecule has 1 aromatic rings. The third-order valence-corrected chi connectivity index (χ3v) is 6.27. The van der Waals surface area contributed by atoms with Crippen LogP contribution in [0.1, 0.15) is 52.4 Å². The minimum absolute atomic E-state index is 0.0000643. The van der Waals surface area contributed by atoms with E-state index < -0.39 is 16.1 Å². The smallest absolute Gasteiger partial charge is 0.241 e. The molecule has 2 rings (SSSR count). The zero-order chi connectivity index (χ0) is 19.2. The largest absolute Gasteiger partial charge is 0.492 e. The van der Waals surface area contributed by atoms with Gasteiger partial charge in [-0.05, 0) is 44.9 Å². The fourth-order valence-electron chi connectivity index (χ4n) is 3.03. The van der Waals surface area contributed by atoms with Crippen LogP contribution in [0.3, 0.4) is 0 Å². The second-order valence-corrected chi connectivity index (χ2v) is 8.69. The van der Waals surface area contributed by atoms with Gasteiger partial charge in [-0.2, -0.15) is 4.72 Å². The maximum absolute atomic E-state index is 12.5. The molecule has 0 aromatic heterocycles. The lowest BCUT2D eigenvalue weighted by Crippen LogP contribution is -2.47. The summed E-state index contributed by atoms with van der Waals surface area (Å²) in [5.74, 6) is 0.116. The predicted molar refractivity (Wildman–Crippen MR) is 102 cm³/mol. The first-order chi connectivity index (χ1) is 12.3. The van der Waals surface area contributed by atoms with Gasteiger partial charge < -0.3 is 10.1 Å². The highest BCUT2D eigenvalue weighted by atomic mass is 35.5. The molecular formula is C18H27ClN2O4S. The number of amides is 1. The summed E-state index contributed by atoms with van der Waals surface area (Å²) in [6.07, 6.45) is 6.45. The van der Waals surface area contributed by atoms with Crippen molar-refractivity contribution in [3.05, 3.63) is 23.2 Å². The average molecular weight is 403 g/mol. The molecule has 0 radical (unpaired) electrons. The van der Waals surface area contributed by atoms with Crippen molar-refractivity contribution in [2.75, 3.05) is 6.61 Å². The molecule has 1 aromatic carbocycles. The van der Waals surface area contributed by atoms with Crippen LogP contribution in [0.4, 0.5) is 0 Å². The second kappa shape index (κ2) is 9.58. The molecule has 1 amide bonds. The Morgan fingerprint density at radius 3 is 2.50 bits per heavy atom. The Labute approximate surface area is 160 Å². The Bertz CT molecular complexity index is 716. The van der Waals surface area contributed by atoms with E-state index in [1.807, 2.05) is 6.92 Å². The molecule has 1 aliphatic rings. The number of halogens is 1. The lowest BCUT2D eigenvalue weighted by Gasteiger charge is -2.20. The van der Waals surface area contributed by atoms with E-state index in [-0.39, 0.29) is 21.9 Å². The zero-order valence-electron chi connectivity index (χ0n) is 15.3. The van der Waals surface area contributed by atoms with Crippen LogP contribution in [0.25, 0.3) is 0 Å². The maximum atomic E-state index is 12.5. The number of hydrogen-bond acceptors (Lipinski definition) is 4. The van der Waals surface area contributed by atoms with Crippen LogP contribution >= 0.6 is 11.6 Å². The first-order valence-electron chi connectivity index (χ1n) is 9.08. The molecular weight excluding hydrogens is 376 g/mol. The summed E-state index contributed by atoms with van der Waals surface area (Å²) in [6.45, 7) is 3.79. The highest BCUT2D eigenvalue weighted by molar-refractivity contribution is 7.89. The van der Waals surface area contributed by atoms with Crippen LogP contribution in [0.15, 0.2) is 23.1 Å². The van der Waals surface area contributed by atoms with Crippen molar-refractivity contribution in [2.45, 2.75) is 69.4 Å². The normalized spacial score (nSPS) is 17.3. The van der Waals surface area contributed by atoms with E-state index in [1.165, 1.54) is 31.0 Å². The lowest BCUT2D eigenvalue weighted by atomic mass is 10.1. The summed E-state index contributed by atoms with van der Waals surface area (Å²) in [4.78, 5) is 12.4. The van der Waals surface area contributed by atoms with Crippen LogP contribution in [0, 0.1) is 0 Å². The van der Waals surface area contributed by atoms with Crippen molar-refractivity contribution in [3.8, 4) is 5.75 Å². The first kappa shape index (κ1) is 21.0. The van der Waals surface area contributed by atoms with E-state index in [9.17, 15) is 13.2 Å². The summed E-state index contributed by atoms with van der Waals surface area (Å²) in [7, 11) is -3.86. The van der Waals surface area contributed by atoms with Crippen molar-refractivity contribution in [1.82, 2.24) is 10.0 Å². The van der Waals surface area contributed by atoms with Crippen molar-refractivity contribution in [2.24, 2.45) is 0 Å².